The lowest BCUT2D eigenvalue weighted by molar-refractivity contribution is 0.204. The van der Waals surface area contributed by atoms with Crippen molar-refractivity contribution >= 4 is 11.8 Å². The zero-order valence-corrected chi connectivity index (χ0v) is 9.78. The van der Waals surface area contributed by atoms with E-state index in [1.54, 1.807) is 11.8 Å². The average Bonchev–Trinajstić information content (AvgIpc) is 2.29. The van der Waals surface area contributed by atoms with Crippen LogP contribution in [0.4, 0.5) is 0 Å². The molecule has 0 saturated carbocycles. The molecule has 0 aromatic heterocycles. The number of aliphatic hydroxyl groups is 2. The minimum absolute atomic E-state index is 0.217. The Bertz CT molecular complexity index is 264. The first kappa shape index (κ1) is 12.6. The van der Waals surface area contributed by atoms with Crippen LogP contribution in [-0.2, 0) is 0 Å². The van der Waals surface area contributed by atoms with Crippen LogP contribution in [0.3, 0.4) is 0 Å². The van der Waals surface area contributed by atoms with Crippen molar-refractivity contribution in [1.82, 2.24) is 0 Å². The summed E-state index contributed by atoms with van der Waals surface area (Å²) in [5.74, 6) is 1.88. The van der Waals surface area contributed by atoms with E-state index in [4.69, 9.17) is 5.11 Å². The summed E-state index contributed by atoms with van der Waals surface area (Å²) in [6.07, 6.45) is -0.401. The predicted molar refractivity (Wildman–Crippen MR) is 65.0 cm³/mol. The zero-order valence-electron chi connectivity index (χ0n) is 8.97. The van der Waals surface area contributed by atoms with Crippen molar-refractivity contribution in [1.29, 1.82) is 0 Å². The molecule has 1 rings (SSSR count). The molecule has 0 bridgehead atoms. The van der Waals surface area contributed by atoms with E-state index in [0.717, 1.165) is 11.3 Å². The summed E-state index contributed by atoms with van der Waals surface area (Å²) in [5, 5.41) is 18.7. The first-order valence-electron chi connectivity index (χ1n) is 5.15. The van der Waals surface area contributed by atoms with E-state index in [-0.39, 0.29) is 6.61 Å². The molecule has 0 fully saturated rings. The molecule has 2 unspecified atom stereocenters. The SMILES string of the molecule is CC(CO)CSCC(O)c1ccccc1. The van der Waals surface area contributed by atoms with Crippen LogP contribution < -0.4 is 0 Å². The van der Waals surface area contributed by atoms with E-state index < -0.39 is 6.10 Å². The van der Waals surface area contributed by atoms with Gasteiger partial charge in [0.1, 0.15) is 0 Å². The van der Waals surface area contributed by atoms with Gasteiger partial charge in [-0.2, -0.15) is 11.8 Å². The van der Waals surface area contributed by atoms with Gasteiger partial charge in [-0.15, -0.1) is 0 Å². The summed E-state index contributed by atoms with van der Waals surface area (Å²) in [4.78, 5) is 0. The highest BCUT2D eigenvalue weighted by molar-refractivity contribution is 7.99. The quantitative estimate of drug-likeness (QED) is 0.780. The van der Waals surface area contributed by atoms with E-state index >= 15 is 0 Å². The van der Waals surface area contributed by atoms with Crippen molar-refractivity contribution in [2.45, 2.75) is 13.0 Å². The summed E-state index contributed by atoms with van der Waals surface area (Å²) in [6.45, 7) is 2.22. The van der Waals surface area contributed by atoms with Gasteiger partial charge in [0.25, 0.3) is 0 Å². The van der Waals surface area contributed by atoms with E-state index in [2.05, 4.69) is 0 Å². The molecule has 1 aromatic carbocycles. The molecule has 2 atom stereocenters. The number of hydrogen-bond acceptors (Lipinski definition) is 3. The van der Waals surface area contributed by atoms with Gasteiger partial charge in [0.2, 0.25) is 0 Å². The normalized spacial score (nSPS) is 14.9. The lowest BCUT2D eigenvalue weighted by Crippen LogP contribution is -2.07. The van der Waals surface area contributed by atoms with Crippen LogP contribution in [0.25, 0.3) is 0 Å². The van der Waals surface area contributed by atoms with Gasteiger partial charge in [-0.1, -0.05) is 37.3 Å². The van der Waals surface area contributed by atoms with Crippen molar-refractivity contribution in [3.05, 3.63) is 35.9 Å². The number of benzene rings is 1. The molecule has 15 heavy (non-hydrogen) atoms. The second-order valence-corrected chi connectivity index (χ2v) is 4.83. The van der Waals surface area contributed by atoms with E-state index in [9.17, 15) is 5.11 Å². The standard InChI is InChI=1S/C12H18O2S/c1-10(7-13)8-15-9-12(14)11-5-3-2-4-6-11/h2-6,10,12-14H,7-9H2,1H3. The van der Waals surface area contributed by atoms with Crippen molar-refractivity contribution in [3.8, 4) is 0 Å². The zero-order chi connectivity index (χ0) is 11.1. The Balaban J connectivity index is 2.28. The molecular weight excluding hydrogens is 208 g/mol. The Morgan fingerprint density at radius 2 is 1.87 bits per heavy atom. The maximum absolute atomic E-state index is 9.82. The highest BCUT2D eigenvalue weighted by Crippen LogP contribution is 2.19. The number of hydrogen-bond donors (Lipinski definition) is 2. The molecule has 0 amide bonds. The van der Waals surface area contributed by atoms with Crippen molar-refractivity contribution < 1.29 is 10.2 Å². The van der Waals surface area contributed by atoms with Gasteiger partial charge in [0, 0.05) is 12.4 Å². The van der Waals surface area contributed by atoms with Gasteiger partial charge < -0.3 is 10.2 Å². The summed E-state index contributed by atoms with van der Waals surface area (Å²) in [6, 6.07) is 9.66. The summed E-state index contributed by atoms with van der Waals surface area (Å²) in [7, 11) is 0. The molecule has 0 spiro atoms. The van der Waals surface area contributed by atoms with Crippen LogP contribution >= 0.6 is 11.8 Å². The average molecular weight is 226 g/mol. The van der Waals surface area contributed by atoms with Gasteiger partial charge in [0.15, 0.2) is 0 Å². The van der Waals surface area contributed by atoms with E-state index in [0.29, 0.717) is 11.7 Å². The Kier molecular flexibility index (Phi) is 5.76. The van der Waals surface area contributed by atoms with Crippen LogP contribution in [0, 0.1) is 5.92 Å². The Morgan fingerprint density at radius 1 is 1.20 bits per heavy atom. The third-order valence-electron chi connectivity index (χ3n) is 2.17. The smallest absolute Gasteiger partial charge is 0.0880 e. The van der Waals surface area contributed by atoms with Crippen molar-refractivity contribution in [2.24, 2.45) is 5.92 Å². The molecule has 0 aliphatic heterocycles. The maximum Gasteiger partial charge on any atom is 0.0880 e. The topological polar surface area (TPSA) is 40.5 Å². The molecule has 0 aliphatic carbocycles. The van der Waals surface area contributed by atoms with Gasteiger partial charge in [-0.3, -0.25) is 0 Å². The third kappa shape index (κ3) is 4.69. The van der Waals surface area contributed by atoms with Crippen LogP contribution in [0.15, 0.2) is 30.3 Å². The molecule has 0 saturated heterocycles. The fourth-order valence-electron chi connectivity index (χ4n) is 1.20. The molecule has 1 aromatic rings. The van der Waals surface area contributed by atoms with Crippen LogP contribution in [-0.4, -0.2) is 28.3 Å². The Hall–Kier alpha value is -0.510. The Morgan fingerprint density at radius 3 is 2.47 bits per heavy atom. The number of rotatable bonds is 6. The molecule has 84 valence electrons. The summed E-state index contributed by atoms with van der Waals surface area (Å²) < 4.78 is 0. The highest BCUT2D eigenvalue weighted by atomic mass is 32.2. The molecule has 2 N–H and O–H groups in total. The maximum atomic E-state index is 9.82. The lowest BCUT2D eigenvalue weighted by atomic mass is 10.1. The second kappa shape index (κ2) is 6.88. The summed E-state index contributed by atoms with van der Waals surface area (Å²) in [5.41, 5.74) is 0.960. The molecule has 0 aliphatic rings. The second-order valence-electron chi connectivity index (χ2n) is 3.75. The van der Waals surface area contributed by atoms with Gasteiger partial charge in [-0.25, -0.2) is 0 Å². The molecule has 0 heterocycles. The third-order valence-corrected chi connectivity index (χ3v) is 3.53. The van der Waals surface area contributed by atoms with Crippen molar-refractivity contribution in [3.63, 3.8) is 0 Å². The van der Waals surface area contributed by atoms with Crippen molar-refractivity contribution in [2.75, 3.05) is 18.1 Å². The first-order valence-corrected chi connectivity index (χ1v) is 6.31. The largest absolute Gasteiger partial charge is 0.396 e. The lowest BCUT2D eigenvalue weighted by Gasteiger charge is -2.12. The van der Waals surface area contributed by atoms with Crippen LogP contribution in [0.2, 0.25) is 0 Å². The van der Waals surface area contributed by atoms with Gasteiger partial charge in [0.05, 0.1) is 6.10 Å². The predicted octanol–water partition coefficient (Wildman–Crippen LogP) is 2.08. The number of aliphatic hydroxyl groups excluding tert-OH is 2. The minimum Gasteiger partial charge on any atom is -0.396 e. The van der Waals surface area contributed by atoms with Gasteiger partial charge in [-0.05, 0) is 17.2 Å². The molecule has 0 radical (unpaired) electrons. The molecular formula is C12H18O2S. The van der Waals surface area contributed by atoms with Gasteiger partial charge >= 0.3 is 0 Å². The number of thioether (sulfide) groups is 1. The fourth-order valence-corrected chi connectivity index (χ4v) is 2.26. The van der Waals surface area contributed by atoms with Crippen LogP contribution in [0.1, 0.15) is 18.6 Å². The monoisotopic (exact) mass is 226 g/mol. The summed E-state index contributed by atoms with van der Waals surface area (Å²) >= 11 is 1.68. The molecule has 2 nitrogen and oxygen atoms in total. The fraction of sp³-hybridized carbons (Fsp3) is 0.500. The Labute approximate surface area is 95.3 Å². The highest BCUT2D eigenvalue weighted by Gasteiger charge is 2.07. The first-order chi connectivity index (χ1) is 7.24. The molecule has 3 heteroatoms. The van der Waals surface area contributed by atoms with E-state index in [1.165, 1.54) is 0 Å². The minimum atomic E-state index is -0.401. The van der Waals surface area contributed by atoms with E-state index in [1.807, 2.05) is 37.3 Å². The van der Waals surface area contributed by atoms with Crippen LogP contribution in [0.5, 0.6) is 0 Å².